The van der Waals surface area contributed by atoms with Gasteiger partial charge in [0.05, 0.1) is 32.6 Å². The van der Waals surface area contributed by atoms with E-state index >= 15 is 0 Å². The van der Waals surface area contributed by atoms with Crippen molar-refractivity contribution in [3.63, 3.8) is 0 Å². The minimum atomic E-state index is -4.51. The first-order valence-electron chi connectivity index (χ1n) is 7.42. The van der Waals surface area contributed by atoms with Crippen molar-refractivity contribution in [2.24, 2.45) is 0 Å². The first kappa shape index (κ1) is 18.6. The van der Waals surface area contributed by atoms with Crippen molar-refractivity contribution < 1.29 is 26.6 Å². The molecule has 1 unspecified atom stereocenters. The molecule has 1 heterocycles. The molecule has 0 aliphatic carbocycles. The van der Waals surface area contributed by atoms with E-state index < -0.39 is 15.3 Å². The predicted molar refractivity (Wildman–Crippen MR) is 88.3 cm³/mol. The average molecular weight is 360 g/mol. The average Bonchev–Trinajstić information content (AvgIpc) is 2.83. The normalized spacial score (nSPS) is 16.1. The monoisotopic (exact) mass is 360 g/mol. The number of hydrogen-bond donors (Lipinski definition) is 1. The van der Waals surface area contributed by atoms with E-state index in [1.807, 2.05) is 26.0 Å². The van der Waals surface area contributed by atoms with Crippen LogP contribution in [0.2, 0.25) is 0 Å². The molecule has 1 aromatic rings. The molecule has 24 heavy (non-hydrogen) atoms. The van der Waals surface area contributed by atoms with Crippen LogP contribution in [0.1, 0.15) is 5.56 Å². The maximum atomic E-state index is 11.0. The van der Waals surface area contributed by atoms with Gasteiger partial charge in [-0.2, -0.15) is 8.42 Å². The number of rotatable bonds is 7. The Morgan fingerprint density at radius 3 is 2.62 bits per heavy atom. The predicted octanol–water partition coefficient (Wildman–Crippen LogP) is 0.852. The fraction of sp³-hybridized carbons (Fsp3) is 0.571. The number of fused-ring (bicyclic) bond motifs is 1. The third-order valence-corrected chi connectivity index (χ3v) is 4.64. The number of nitro groups is 1. The molecule has 9 nitrogen and oxygen atoms in total. The van der Waals surface area contributed by atoms with E-state index in [1.165, 1.54) is 6.07 Å². The van der Waals surface area contributed by atoms with Gasteiger partial charge in [0.1, 0.15) is 12.6 Å². The Morgan fingerprint density at radius 2 is 2.08 bits per heavy atom. The van der Waals surface area contributed by atoms with E-state index in [9.17, 15) is 18.5 Å². The number of nitro benzene ring substituents is 1. The Labute approximate surface area is 141 Å². The molecule has 0 bridgehead atoms. The molecule has 0 saturated carbocycles. The van der Waals surface area contributed by atoms with Gasteiger partial charge in [0.15, 0.2) is 0 Å². The molecule has 0 spiro atoms. The number of likely N-dealkylation sites (N-methyl/N-ethyl adjacent to an activating group) is 1. The maximum Gasteiger partial charge on any atom is 0.397 e. The summed E-state index contributed by atoms with van der Waals surface area (Å²) in [4.78, 5) is 12.5. The van der Waals surface area contributed by atoms with E-state index in [-0.39, 0.29) is 18.3 Å². The lowest BCUT2D eigenvalue weighted by Crippen LogP contribution is -2.53. The van der Waals surface area contributed by atoms with E-state index in [0.29, 0.717) is 17.6 Å². The summed E-state index contributed by atoms with van der Waals surface area (Å²) in [5.74, 6) is 0. The highest BCUT2D eigenvalue weighted by Gasteiger charge is 2.31. The fourth-order valence-electron chi connectivity index (χ4n) is 2.68. The lowest BCUT2D eigenvalue weighted by atomic mass is 10.1. The SMILES string of the molecule is C[N+](C)(C)C(COS(=O)(=O)O)CN1CCc2ccc([N+](=O)[O-])cc21. The van der Waals surface area contributed by atoms with Crippen LogP contribution in [0.5, 0.6) is 0 Å². The Kier molecular flexibility index (Phi) is 5.14. The molecule has 0 aromatic heterocycles. The molecule has 134 valence electrons. The molecular weight excluding hydrogens is 338 g/mol. The number of hydrogen-bond acceptors (Lipinski definition) is 6. The molecular formula is C14H22N3O6S+. The Bertz CT molecular complexity index is 729. The van der Waals surface area contributed by atoms with Crippen molar-refractivity contribution in [1.29, 1.82) is 0 Å². The van der Waals surface area contributed by atoms with E-state index in [1.54, 1.807) is 12.1 Å². The summed E-state index contributed by atoms with van der Waals surface area (Å²) in [6, 6.07) is 4.53. The second-order valence-electron chi connectivity index (χ2n) is 6.75. The fourth-order valence-corrected chi connectivity index (χ4v) is 3.01. The first-order chi connectivity index (χ1) is 11.0. The molecule has 1 aromatic carbocycles. The summed E-state index contributed by atoms with van der Waals surface area (Å²) < 4.78 is 35.5. The second-order valence-corrected chi connectivity index (χ2v) is 7.84. The molecule has 0 amide bonds. The summed E-state index contributed by atoms with van der Waals surface area (Å²) in [5.41, 5.74) is 1.84. The van der Waals surface area contributed by atoms with Crippen LogP contribution in [-0.2, 0) is 21.0 Å². The lowest BCUT2D eigenvalue weighted by molar-refractivity contribution is -0.894. The standard InChI is InChI=1S/C14H21N3O6S/c1-17(2,3)13(10-23-24(20,21)22)9-15-7-6-11-4-5-12(16(18)19)8-14(11)15/h4-5,8,13H,6-7,9-10H2,1-3H3/p+1. The minimum Gasteiger partial charge on any atom is -0.365 e. The van der Waals surface area contributed by atoms with Crippen LogP contribution in [0.25, 0.3) is 0 Å². The van der Waals surface area contributed by atoms with Crippen LogP contribution in [0.4, 0.5) is 11.4 Å². The zero-order chi connectivity index (χ0) is 18.1. The summed E-state index contributed by atoms with van der Waals surface area (Å²) in [6.45, 7) is 0.967. The summed E-state index contributed by atoms with van der Waals surface area (Å²) in [7, 11) is 1.16. The number of anilines is 1. The largest absolute Gasteiger partial charge is 0.397 e. The molecule has 1 aliphatic rings. The smallest absolute Gasteiger partial charge is 0.365 e. The second kappa shape index (κ2) is 6.63. The van der Waals surface area contributed by atoms with Gasteiger partial charge in [-0.1, -0.05) is 6.07 Å². The van der Waals surface area contributed by atoms with Gasteiger partial charge >= 0.3 is 10.4 Å². The molecule has 0 radical (unpaired) electrons. The van der Waals surface area contributed by atoms with Crippen molar-refractivity contribution in [3.8, 4) is 0 Å². The zero-order valence-electron chi connectivity index (χ0n) is 13.9. The lowest BCUT2D eigenvalue weighted by Gasteiger charge is -2.36. The topological polar surface area (TPSA) is 110 Å². The molecule has 1 N–H and O–H groups in total. The highest BCUT2D eigenvalue weighted by atomic mass is 32.3. The quantitative estimate of drug-likeness (QED) is 0.332. The van der Waals surface area contributed by atoms with Gasteiger partial charge in [-0.15, -0.1) is 0 Å². The van der Waals surface area contributed by atoms with Crippen molar-refractivity contribution in [1.82, 2.24) is 0 Å². The van der Waals surface area contributed by atoms with Crippen LogP contribution < -0.4 is 4.90 Å². The minimum absolute atomic E-state index is 0.0247. The van der Waals surface area contributed by atoms with Crippen LogP contribution in [-0.4, -0.2) is 69.3 Å². The third kappa shape index (κ3) is 4.63. The van der Waals surface area contributed by atoms with Crippen LogP contribution >= 0.6 is 0 Å². The van der Waals surface area contributed by atoms with E-state index in [0.717, 1.165) is 17.7 Å². The van der Waals surface area contributed by atoms with E-state index in [2.05, 4.69) is 4.18 Å². The van der Waals surface area contributed by atoms with Gasteiger partial charge < -0.3 is 9.38 Å². The molecule has 10 heteroatoms. The van der Waals surface area contributed by atoms with Crippen LogP contribution in [0.3, 0.4) is 0 Å². The number of non-ortho nitro benzene ring substituents is 1. The van der Waals surface area contributed by atoms with Crippen LogP contribution in [0, 0.1) is 10.1 Å². The molecule has 1 atom stereocenters. The summed E-state index contributed by atoms with van der Waals surface area (Å²) in [6.07, 6.45) is 0.774. The maximum absolute atomic E-state index is 11.0. The van der Waals surface area contributed by atoms with Gasteiger partial charge in [0.2, 0.25) is 0 Å². The highest BCUT2D eigenvalue weighted by Crippen LogP contribution is 2.32. The third-order valence-electron chi connectivity index (χ3n) is 4.21. The number of nitrogens with zero attached hydrogens (tertiary/aromatic N) is 3. The van der Waals surface area contributed by atoms with Crippen molar-refractivity contribution in [2.45, 2.75) is 12.5 Å². The zero-order valence-corrected chi connectivity index (χ0v) is 14.7. The number of benzene rings is 1. The Hall–Kier alpha value is -1.75. The molecule has 0 saturated heterocycles. The summed E-state index contributed by atoms with van der Waals surface area (Å²) in [5, 5.41) is 11.0. The van der Waals surface area contributed by atoms with Gasteiger partial charge in [-0.25, -0.2) is 4.18 Å². The Balaban J connectivity index is 2.20. The van der Waals surface area contributed by atoms with E-state index in [4.69, 9.17) is 4.55 Å². The molecule has 0 fully saturated rings. The molecule has 2 rings (SSSR count). The van der Waals surface area contributed by atoms with Gasteiger partial charge in [-0.05, 0) is 12.0 Å². The van der Waals surface area contributed by atoms with Gasteiger partial charge in [0, 0.05) is 24.4 Å². The van der Waals surface area contributed by atoms with Gasteiger partial charge in [-0.3, -0.25) is 14.7 Å². The van der Waals surface area contributed by atoms with Gasteiger partial charge in [0.25, 0.3) is 5.69 Å². The number of quaternary nitrogens is 1. The Morgan fingerprint density at radius 1 is 1.42 bits per heavy atom. The van der Waals surface area contributed by atoms with Crippen molar-refractivity contribution in [3.05, 3.63) is 33.9 Å². The van der Waals surface area contributed by atoms with Crippen molar-refractivity contribution in [2.75, 3.05) is 45.7 Å². The summed E-state index contributed by atoms with van der Waals surface area (Å²) >= 11 is 0. The molecule has 1 aliphatic heterocycles. The highest BCUT2D eigenvalue weighted by molar-refractivity contribution is 7.80. The first-order valence-corrected chi connectivity index (χ1v) is 8.79. The van der Waals surface area contributed by atoms with Crippen molar-refractivity contribution >= 4 is 21.8 Å². The van der Waals surface area contributed by atoms with Crippen LogP contribution in [0.15, 0.2) is 18.2 Å².